The highest BCUT2D eigenvalue weighted by atomic mass is 16.3. The number of hydrogen-bond donors (Lipinski definition) is 2. The van der Waals surface area contributed by atoms with E-state index in [-0.39, 0.29) is 31.3 Å². The van der Waals surface area contributed by atoms with Crippen molar-refractivity contribution in [1.29, 1.82) is 0 Å². The van der Waals surface area contributed by atoms with Crippen LogP contribution in [-0.2, 0) is 16.0 Å². The smallest absolute Gasteiger partial charge is 0.224 e. The Bertz CT molecular complexity index is 554. The van der Waals surface area contributed by atoms with Gasteiger partial charge in [-0.25, -0.2) is 0 Å². The second kappa shape index (κ2) is 9.39. The summed E-state index contributed by atoms with van der Waals surface area (Å²) in [5.41, 5.74) is 1.95. The number of benzene rings is 1. The number of nitrogens with one attached hydrogen (secondary N) is 1. The number of aliphatic hydroxyl groups is 1. The zero-order valence-corrected chi connectivity index (χ0v) is 14.3. The number of nitrogens with zero attached hydrogens (tertiary/aromatic N) is 2. The van der Waals surface area contributed by atoms with E-state index in [0.717, 1.165) is 25.2 Å². The van der Waals surface area contributed by atoms with Gasteiger partial charge in [-0.05, 0) is 24.1 Å². The van der Waals surface area contributed by atoms with Gasteiger partial charge in [0.1, 0.15) is 0 Å². The van der Waals surface area contributed by atoms with Crippen LogP contribution in [0.3, 0.4) is 0 Å². The third-order valence-corrected chi connectivity index (χ3v) is 4.33. The maximum Gasteiger partial charge on any atom is 0.224 e. The van der Waals surface area contributed by atoms with Crippen molar-refractivity contribution in [3.63, 3.8) is 0 Å². The maximum absolute atomic E-state index is 12.2. The lowest BCUT2D eigenvalue weighted by Crippen LogP contribution is -2.49. The molecular formula is C18H27N3O3. The minimum atomic E-state index is -0.129. The van der Waals surface area contributed by atoms with Gasteiger partial charge < -0.3 is 15.3 Å². The van der Waals surface area contributed by atoms with Crippen molar-refractivity contribution in [2.24, 2.45) is 0 Å². The van der Waals surface area contributed by atoms with Crippen LogP contribution in [0.25, 0.3) is 0 Å². The monoisotopic (exact) mass is 333 g/mol. The molecule has 0 unspecified atom stereocenters. The quantitative estimate of drug-likeness (QED) is 0.784. The Morgan fingerprint density at radius 1 is 1.17 bits per heavy atom. The molecule has 24 heavy (non-hydrogen) atoms. The number of aryl methyl sites for hydroxylation is 1. The molecule has 1 fully saturated rings. The Morgan fingerprint density at radius 3 is 2.58 bits per heavy atom. The molecule has 6 heteroatoms. The molecule has 132 valence electrons. The van der Waals surface area contributed by atoms with E-state index in [9.17, 15) is 9.59 Å². The fraction of sp³-hybridized carbons (Fsp3) is 0.556. The van der Waals surface area contributed by atoms with Crippen LogP contribution in [0.1, 0.15) is 25.3 Å². The number of amides is 2. The summed E-state index contributed by atoms with van der Waals surface area (Å²) < 4.78 is 0. The molecule has 0 saturated carbocycles. The highest BCUT2D eigenvalue weighted by Crippen LogP contribution is 2.12. The van der Waals surface area contributed by atoms with E-state index in [1.165, 1.54) is 5.56 Å². The Morgan fingerprint density at radius 2 is 1.92 bits per heavy atom. The van der Waals surface area contributed by atoms with Crippen LogP contribution in [0.4, 0.5) is 5.69 Å². The summed E-state index contributed by atoms with van der Waals surface area (Å²) in [6.45, 7) is 5.76. The number of anilines is 1. The van der Waals surface area contributed by atoms with E-state index in [1.54, 1.807) is 4.90 Å². The molecule has 6 nitrogen and oxygen atoms in total. The number of hydrogen-bond acceptors (Lipinski definition) is 4. The molecule has 0 bridgehead atoms. The lowest BCUT2D eigenvalue weighted by atomic mass is 10.1. The van der Waals surface area contributed by atoms with E-state index < -0.39 is 0 Å². The molecule has 1 aliphatic rings. The molecule has 2 rings (SSSR count). The molecule has 0 aromatic heterocycles. The molecule has 0 radical (unpaired) electrons. The molecule has 1 saturated heterocycles. The van der Waals surface area contributed by atoms with Gasteiger partial charge in [-0.3, -0.25) is 14.5 Å². The lowest BCUT2D eigenvalue weighted by Gasteiger charge is -2.34. The fourth-order valence-corrected chi connectivity index (χ4v) is 2.83. The van der Waals surface area contributed by atoms with Gasteiger partial charge in [0, 0.05) is 51.3 Å². The van der Waals surface area contributed by atoms with E-state index in [1.807, 2.05) is 24.3 Å². The third kappa shape index (κ3) is 5.62. The number of rotatable bonds is 7. The Balaban J connectivity index is 1.72. The summed E-state index contributed by atoms with van der Waals surface area (Å²) in [7, 11) is 0. The van der Waals surface area contributed by atoms with Gasteiger partial charge in [-0.2, -0.15) is 0 Å². The summed E-state index contributed by atoms with van der Waals surface area (Å²) in [5, 5.41) is 11.8. The number of carbonyl (C=O) groups is 2. The zero-order chi connectivity index (χ0) is 17.4. The summed E-state index contributed by atoms with van der Waals surface area (Å²) in [4.78, 5) is 28.2. The normalized spacial score (nSPS) is 15.3. The average Bonchev–Trinajstić information content (AvgIpc) is 2.61. The Labute approximate surface area is 143 Å². The standard InChI is InChI=1S/C18H27N3O3/c1-2-15-4-3-5-16(14-15)19-17(23)6-7-18(24)21-10-8-20(9-11-21)12-13-22/h3-5,14,22H,2,6-13H2,1H3,(H,19,23). The van der Waals surface area contributed by atoms with E-state index in [2.05, 4.69) is 17.1 Å². The van der Waals surface area contributed by atoms with Gasteiger partial charge in [0.05, 0.1) is 6.61 Å². The minimum Gasteiger partial charge on any atom is -0.395 e. The van der Waals surface area contributed by atoms with Crippen LogP contribution in [-0.4, -0.2) is 66.1 Å². The van der Waals surface area contributed by atoms with Crippen LogP contribution < -0.4 is 5.32 Å². The van der Waals surface area contributed by atoms with Crippen molar-refractivity contribution in [2.45, 2.75) is 26.2 Å². The van der Waals surface area contributed by atoms with Crippen molar-refractivity contribution in [1.82, 2.24) is 9.80 Å². The fourth-order valence-electron chi connectivity index (χ4n) is 2.83. The van der Waals surface area contributed by atoms with Crippen molar-refractivity contribution in [3.05, 3.63) is 29.8 Å². The molecule has 1 heterocycles. The number of carbonyl (C=O) groups excluding carboxylic acids is 2. The summed E-state index contributed by atoms with van der Waals surface area (Å²) >= 11 is 0. The van der Waals surface area contributed by atoms with Gasteiger partial charge >= 0.3 is 0 Å². The van der Waals surface area contributed by atoms with E-state index in [4.69, 9.17) is 5.11 Å². The second-order valence-electron chi connectivity index (χ2n) is 6.05. The number of β-amino-alcohol motifs (C(OH)–C–C–N with tert-alkyl or cyclic N) is 1. The molecule has 0 spiro atoms. The summed E-state index contributed by atoms with van der Waals surface area (Å²) in [5.74, 6) is -0.105. The van der Waals surface area contributed by atoms with E-state index in [0.29, 0.717) is 19.6 Å². The predicted molar refractivity (Wildman–Crippen MR) is 93.8 cm³/mol. The van der Waals surface area contributed by atoms with Crippen molar-refractivity contribution in [2.75, 3.05) is 44.6 Å². The lowest BCUT2D eigenvalue weighted by molar-refractivity contribution is -0.134. The van der Waals surface area contributed by atoms with Crippen LogP contribution in [0.15, 0.2) is 24.3 Å². The molecule has 2 N–H and O–H groups in total. The van der Waals surface area contributed by atoms with Gasteiger partial charge in [0.2, 0.25) is 11.8 Å². The first-order valence-electron chi connectivity index (χ1n) is 8.62. The molecule has 0 atom stereocenters. The maximum atomic E-state index is 12.2. The first kappa shape index (κ1) is 18.4. The number of piperazine rings is 1. The Hall–Kier alpha value is -1.92. The topological polar surface area (TPSA) is 72.9 Å². The van der Waals surface area contributed by atoms with Gasteiger partial charge in [0.25, 0.3) is 0 Å². The highest BCUT2D eigenvalue weighted by molar-refractivity contribution is 5.93. The predicted octanol–water partition coefficient (Wildman–Crippen LogP) is 1.10. The van der Waals surface area contributed by atoms with Gasteiger partial charge in [-0.1, -0.05) is 19.1 Å². The van der Waals surface area contributed by atoms with Crippen molar-refractivity contribution in [3.8, 4) is 0 Å². The minimum absolute atomic E-state index is 0.0242. The van der Waals surface area contributed by atoms with Crippen LogP contribution in [0, 0.1) is 0 Å². The van der Waals surface area contributed by atoms with Crippen LogP contribution in [0.5, 0.6) is 0 Å². The highest BCUT2D eigenvalue weighted by Gasteiger charge is 2.21. The zero-order valence-electron chi connectivity index (χ0n) is 14.3. The molecule has 1 aliphatic heterocycles. The molecule has 2 amide bonds. The van der Waals surface area contributed by atoms with Crippen molar-refractivity contribution >= 4 is 17.5 Å². The van der Waals surface area contributed by atoms with Gasteiger partial charge in [-0.15, -0.1) is 0 Å². The van der Waals surface area contributed by atoms with Crippen LogP contribution >= 0.6 is 0 Å². The molecular weight excluding hydrogens is 306 g/mol. The van der Waals surface area contributed by atoms with Gasteiger partial charge in [0.15, 0.2) is 0 Å². The first-order valence-corrected chi connectivity index (χ1v) is 8.62. The first-order chi connectivity index (χ1) is 11.6. The average molecular weight is 333 g/mol. The SMILES string of the molecule is CCc1cccc(NC(=O)CCC(=O)N2CCN(CCO)CC2)c1. The Kier molecular flexibility index (Phi) is 7.21. The van der Waals surface area contributed by atoms with E-state index >= 15 is 0 Å². The number of aliphatic hydroxyl groups excluding tert-OH is 1. The van der Waals surface area contributed by atoms with Crippen LogP contribution in [0.2, 0.25) is 0 Å². The van der Waals surface area contributed by atoms with Crippen molar-refractivity contribution < 1.29 is 14.7 Å². The molecule has 1 aromatic carbocycles. The summed E-state index contributed by atoms with van der Waals surface area (Å²) in [6, 6.07) is 7.76. The second-order valence-corrected chi connectivity index (χ2v) is 6.05. The summed E-state index contributed by atoms with van der Waals surface area (Å²) in [6.07, 6.45) is 1.36. The molecule has 0 aliphatic carbocycles. The third-order valence-electron chi connectivity index (χ3n) is 4.33. The molecule has 1 aromatic rings. The largest absolute Gasteiger partial charge is 0.395 e.